The molecule has 1 aliphatic rings. The second-order valence-corrected chi connectivity index (χ2v) is 24.1. The number of likely N-dealkylation sites (tertiary alicyclic amines) is 1. The molecule has 500 valence electrons. The molecule has 30 nitrogen and oxygen atoms in total. The highest BCUT2D eigenvalue weighted by molar-refractivity contribution is 7.98. The number of nitrogens with one attached hydrogen (secondary N) is 10. The van der Waals surface area contributed by atoms with Crippen LogP contribution in [-0.4, -0.2) is 195 Å². The second-order valence-electron chi connectivity index (χ2n) is 23.2. The number of aliphatic carboxylic acids is 1. The quantitative estimate of drug-likeness (QED) is 0.0157. The molecule has 0 saturated carbocycles. The summed E-state index contributed by atoms with van der Waals surface area (Å²) in [5.74, 6) is -11.6. The Balaban J connectivity index is 1.52. The van der Waals surface area contributed by atoms with Gasteiger partial charge in [0.15, 0.2) is 5.96 Å². The molecule has 0 spiro atoms. The van der Waals surface area contributed by atoms with E-state index in [0.717, 1.165) is 21.4 Å². The number of aliphatic imine (C=N–C) groups is 1. The zero-order valence-electron chi connectivity index (χ0n) is 52.4. The number of hydrogen-bond acceptors (Lipinski definition) is 16. The van der Waals surface area contributed by atoms with Gasteiger partial charge in [-0.25, -0.2) is 0 Å². The average molecular weight is 1290 g/mol. The summed E-state index contributed by atoms with van der Waals surface area (Å²) < 4.78 is 0. The van der Waals surface area contributed by atoms with E-state index in [4.69, 9.17) is 28.0 Å². The number of primary amides is 1. The van der Waals surface area contributed by atoms with Crippen LogP contribution in [-0.2, 0) is 70.4 Å². The third-order valence-corrected chi connectivity index (χ3v) is 15.6. The van der Waals surface area contributed by atoms with Crippen LogP contribution in [0.4, 0.5) is 0 Å². The van der Waals surface area contributed by atoms with Gasteiger partial charge in [0.1, 0.15) is 60.4 Å². The number of amides is 11. The summed E-state index contributed by atoms with van der Waals surface area (Å²) in [5, 5.41) is 43.5. The number of hydrogen-bond donors (Lipinski definition) is 16. The molecule has 0 radical (unpaired) electrons. The molecule has 1 saturated heterocycles. The van der Waals surface area contributed by atoms with Gasteiger partial charge >= 0.3 is 5.97 Å². The van der Waals surface area contributed by atoms with E-state index in [9.17, 15) is 62.6 Å². The summed E-state index contributed by atoms with van der Waals surface area (Å²) in [6.07, 6.45) is 3.40. The lowest BCUT2D eigenvalue weighted by atomic mass is 9.99. The number of H-pyrrole nitrogens is 1. The molecule has 1 aromatic heterocycles. The van der Waals surface area contributed by atoms with Crippen molar-refractivity contribution in [2.24, 2.45) is 39.8 Å². The van der Waals surface area contributed by atoms with Gasteiger partial charge in [0.05, 0.1) is 19.1 Å². The third-order valence-electron chi connectivity index (χ3n) is 14.9. The Morgan fingerprint density at radius 1 is 0.648 bits per heavy atom. The molecule has 4 rings (SSSR count). The number of aliphatic hydroxyl groups excluding tert-OH is 1. The fourth-order valence-corrected chi connectivity index (χ4v) is 10.4. The van der Waals surface area contributed by atoms with Crippen molar-refractivity contribution in [2.45, 2.75) is 166 Å². The van der Waals surface area contributed by atoms with E-state index in [1.807, 2.05) is 54.6 Å². The Morgan fingerprint density at radius 2 is 1.22 bits per heavy atom. The minimum absolute atomic E-state index is 0.0199. The molecule has 11 amide bonds. The van der Waals surface area contributed by atoms with Crippen LogP contribution < -0.4 is 70.8 Å². The Morgan fingerprint density at radius 3 is 1.84 bits per heavy atom. The molecule has 1 fully saturated rings. The van der Waals surface area contributed by atoms with Crippen LogP contribution >= 0.6 is 11.8 Å². The minimum Gasteiger partial charge on any atom is -0.480 e. The van der Waals surface area contributed by atoms with Crippen LogP contribution in [0.25, 0.3) is 10.9 Å². The zero-order chi connectivity index (χ0) is 67.6. The van der Waals surface area contributed by atoms with Gasteiger partial charge in [-0.3, -0.25) is 62.5 Å². The number of nitrogens with two attached hydrogens (primary N) is 4. The number of guanidine groups is 1. The zero-order valence-corrected chi connectivity index (χ0v) is 53.2. The van der Waals surface area contributed by atoms with Crippen LogP contribution in [0.2, 0.25) is 0 Å². The Labute approximate surface area is 532 Å². The second kappa shape index (κ2) is 36.7. The van der Waals surface area contributed by atoms with Gasteiger partial charge in [0.2, 0.25) is 65.0 Å². The van der Waals surface area contributed by atoms with E-state index in [2.05, 4.69) is 57.8 Å². The Kier molecular flexibility index (Phi) is 30.1. The molecule has 20 N–H and O–H groups in total. The minimum atomic E-state index is -1.79. The predicted molar refractivity (Wildman–Crippen MR) is 339 cm³/mol. The standard InChI is InChI=1S/C60H90N16O14S/c1-31(2)25-42(53(83)74-45(30-77)55(85)73-44(28-47(62)78)58(88)76-23-14-20-46(76)56(86)67-33(5)49(79)68-34(6)59(89)90)72-57(87)48(32(3)4)75-52(82)41(21-24-91-7)70-51(81)40(19-13-22-65-60(63)64)69-54(84)43(27-36-29-66-39-18-12-11-17-37(36)39)71-50(80)38(61)26-35-15-9-8-10-16-35/h8-12,15-18,29,31-34,38,40-46,48,66,77H,13-14,19-28,30,61H2,1-7H3,(H2,62,78)(H,67,86)(H,68,79)(H,69,84)(H,70,81)(H,71,80)(H,72,87)(H,73,85)(H,74,83)(H,75,82)(H,89,90)(H4,63,64,65)/t33-,34-,38-,40-,41-,42-,43-,44-,45-,46-,48-/m0/s1. The van der Waals surface area contributed by atoms with E-state index in [-0.39, 0.29) is 69.9 Å². The smallest absolute Gasteiger partial charge is 0.325 e. The molecule has 2 aromatic carbocycles. The molecule has 0 bridgehead atoms. The van der Waals surface area contributed by atoms with Gasteiger partial charge in [-0.2, -0.15) is 11.8 Å². The topological polar surface area (TPSA) is 489 Å². The van der Waals surface area contributed by atoms with Gasteiger partial charge in [0, 0.05) is 36.6 Å². The number of aromatic amines is 1. The van der Waals surface area contributed by atoms with Crippen molar-refractivity contribution in [3.63, 3.8) is 0 Å². The SMILES string of the molecule is CSCC[C@H](NC(=O)[C@H](CCCN=C(N)N)NC(=O)[C@H](Cc1c[nH]c2ccccc12)NC(=O)[C@@H](N)Cc1ccccc1)C(=O)N[C@H](C(=O)N[C@@H](CC(C)C)C(=O)N[C@@H](CO)C(=O)N[C@@H](CC(N)=O)C(=O)N1CCC[C@H]1C(=O)N[C@@H](C)C(=O)N[C@@H](C)C(=O)O)C(C)C. The monoisotopic (exact) mass is 1290 g/mol. The lowest BCUT2D eigenvalue weighted by Crippen LogP contribution is -2.62. The van der Waals surface area contributed by atoms with E-state index in [0.29, 0.717) is 17.7 Å². The lowest BCUT2D eigenvalue weighted by Gasteiger charge is -2.30. The molecule has 91 heavy (non-hydrogen) atoms. The number of thioether (sulfide) groups is 1. The average Bonchev–Trinajstić information content (AvgIpc) is 2.07. The first kappa shape index (κ1) is 74.6. The number of carbonyl (C=O) groups is 12. The first-order chi connectivity index (χ1) is 43.0. The van der Waals surface area contributed by atoms with Crippen molar-refractivity contribution in [1.82, 2.24) is 57.7 Å². The van der Waals surface area contributed by atoms with Crippen molar-refractivity contribution in [3.05, 3.63) is 71.9 Å². The van der Waals surface area contributed by atoms with E-state index in [1.165, 1.54) is 25.6 Å². The van der Waals surface area contributed by atoms with Crippen LogP contribution in [0.5, 0.6) is 0 Å². The summed E-state index contributed by atoms with van der Waals surface area (Å²) in [5.41, 5.74) is 25.3. The number of nitrogens with zero attached hydrogens (tertiary/aromatic N) is 2. The highest BCUT2D eigenvalue weighted by Crippen LogP contribution is 2.22. The summed E-state index contributed by atoms with van der Waals surface area (Å²) in [4.78, 5) is 171. The van der Waals surface area contributed by atoms with Gasteiger partial charge in [0.25, 0.3) is 0 Å². The Hall–Kier alpha value is -8.84. The molecule has 0 aliphatic carbocycles. The van der Waals surface area contributed by atoms with Crippen molar-refractivity contribution < 1.29 is 67.7 Å². The third kappa shape index (κ3) is 23.8. The fourth-order valence-electron chi connectivity index (χ4n) is 9.96. The number of para-hydroxylation sites is 1. The van der Waals surface area contributed by atoms with E-state index >= 15 is 0 Å². The molecule has 2 heterocycles. The molecule has 3 aromatic rings. The van der Waals surface area contributed by atoms with E-state index in [1.54, 1.807) is 40.1 Å². The maximum Gasteiger partial charge on any atom is 0.325 e. The maximum atomic E-state index is 14.6. The van der Waals surface area contributed by atoms with Crippen LogP contribution in [0.3, 0.4) is 0 Å². The number of aliphatic hydroxyl groups is 1. The molecule has 31 heteroatoms. The van der Waals surface area contributed by atoms with Crippen LogP contribution in [0.15, 0.2) is 65.8 Å². The number of aromatic nitrogens is 1. The van der Waals surface area contributed by atoms with Gasteiger partial charge in [-0.05, 0) is 99.8 Å². The summed E-state index contributed by atoms with van der Waals surface area (Å²) >= 11 is 1.36. The van der Waals surface area contributed by atoms with Gasteiger partial charge in [-0.15, -0.1) is 0 Å². The molecular weight excluding hydrogens is 1200 g/mol. The number of rotatable bonds is 37. The maximum absolute atomic E-state index is 14.6. The Bertz CT molecular complexity index is 3050. The van der Waals surface area contributed by atoms with Crippen molar-refractivity contribution in [1.29, 1.82) is 0 Å². The summed E-state index contributed by atoms with van der Waals surface area (Å²) in [6, 6.07) is 1.55. The highest BCUT2D eigenvalue weighted by atomic mass is 32.2. The molecule has 1 aliphatic heterocycles. The summed E-state index contributed by atoms with van der Waals surface area (Å²) in [7, 11) is 0. The number of benzene rings is 2. The molecular formula is C60H90N16O14S. The highest BCUT2D eigenvalue weighted by Gasteiger charge is 2.41. The molecule has 11 atom stereocenters. The predicted octanol–water partition coefficient (Wildman–Crippen LogP) is -2.86. The lowest BCUT2D eigenvalue weighted by molar-refractivity contribution is -0.144. The normalized spacial score (nSPS) is 16.2. The van der Waals surface area contributed by atoms with Crippen molar-refractivity contribution in [3.8, 4) is 0 Å². The fraction of sp³-hybridized carbons (Fsp3) is 0.550. The summed E-state index contributed by atoms with van der Waals surface area (Å²) in [6.45, 7) is 8.25. The van der Waals surface area contributed by atoms with Crippen LogP contribution in [0.1, 0.15) is 97.6 Å². The van der Waals surface area contributed by atoms with Crippen molar-refractivity contribution >= 4 is 99.6 Å². The van der Waals surface area contributed by atoms with E-state index < -0.39 is 156 Å². The molecule has 0 unspecified atom stereocenters. The first-order valence-electron chi connectivity index (χ1n) is 30.1. The van der Waals surface area contributed by atoms with Gasteiger partial charge < -0.3 is 90.9 Å². The number of carbonyl (C=O) groups excluding carboxylic acids is 11. The number of carboxylic acids is 1. The van der Waals surface area contributed by atoms with Crippen molar-refractivity contribution in [2.75, 3.05) is 31.7 Å². The number of carboxylic acid groups (broad SMARTS) is 1. The first-order valence-corrected chi connectivity index (χ1v) is 31.5. The largest absolute Gasteiger partial charge is 0.480 e. The van der Waals surface area contributed by atoms with Gasteiger partial charge in [-0.1, -0.05) is 76.2 Å². The van der Waals surface area contributed by atoms with Crippen LogP contribution in [0, 0.1) is 11.8 Å². The number of fused-ring (bicyclic) bond motifs is 1.